The summed E-state index contributed by atoms with van der Waals surface area (Å²) in [4.78, 5) is 28.3. The van der Waals surface area contributed by atoms with Gasteiger partial charge in [-0.2, -0.15) is 0 Å². The van der Waals surface area contributed by atoms with Crippen LogP contribution in [-0.4, -0.2) is 60.9 Å². The van der Waals surface area contributed by atoms with Crippen molar-refractivity contribution in [1.29, 1.82) is 0 Å². The van der Waals surface area contributed by atoms with Crippen molar-refractivity contribution in [2.75, 3.05) is 33.3 Å². The molecule has 2 heterocycles. The number of methoxy groups -OCH3 is 1. The third-order valence-electron chi connectivity index (χ3n) is 5.26. The molecule has 2 fully saturated rings. The lowest BCUT2D eigenvalue weighted by Crippen LogP contribution is -2.42. The van der Waals surface area contributed by atoms with Crippen LogP contribution in [0.1, 0.15) is 37.2 Å². The van der Waals surface area contributed by atoms with Crippen LogP contribution in [0.5, 0.6) is 5.75 Å². The highest BCUT2D eigenvalue weighted by atomic mass is 16.5. The van der Waals surface area contributed by atoms with Crippen LogP contribution in [0.15, 0.2) is 24.3 Å². The molecule has 3 rings (SSSR count). The van der Waals surface area contributed by atoms with E-state index in [1.165, 1.54) is 0 Å². The quantitative estimate of drug-likeness (QED) is 0.894. The summed E-state index contributed by atoms with van der Waals surface area (Å²) in [5.41, 5.74) is 7.41. The van der Waals surface area contributed by atoms with Crippen molar-refractivity contribution in [3.8, 4) is 5.75 Å². The van der Waals surface area contributed by atoms with E-state index in [9.17, 15) is 9.59 Å². The number of nitrogens with two attached hydrogens (primary N) is 1. The molecule has 6 nitrogen and oxygen atoms in total. The van der Waals surface area contributed by atoms with E-state index in [0.29, 0.717) is 26.1 Å². The van der Waals surface area contributed by atoms with Gasteiger partial charge in [-0.1, -0.05) is 18.6 Å². The lowest BCUT2D eigenvalue weighted by Gasteiger charge is -2.24. The molecule has 0 saturated carbocycles. The fourth-order valence-electron chi connectivity index (χ4n) is 3.71. The summed E-state index contributed by atoms with van der Waals surface area (Å²) in [5.74, 6) is 1.03. The van der Waals surface area contributed by atoms with E-state index in [1.54, 1.807) is 16.9 Å². The van der Waals surface area contributed by atoms with Crippen molar-refractivity contribution in [3.63, 3.8) is 0 Å². The van der Waals surface area contributed by atoms with Crippen LogP contribution in [-0.2, 0) is 9.59 Å². The highest BCUT2D eigenvalue weighted by Crippen LogP contribution is 2.28. The molecule has 2 N–H and O–H groups in total. The molecule has 0 spiro atoms. The molecule has 6 heteroatoms. The number of benzene rings is 1. The predicted molar refractivity (Wildman–Crippen MR) is 95.3 cm³/mol. The van der Waals surface area contributed by atoms with E-state index < -0.39 is 0 Å². The molecule has 2 atom stereocenters. The van der Waals surface area contributed by atoms with E-state index in [0.717, 1.165) is 30.6 Å². The number of likely N-dealkylation sites (tertiary alicyclic amines) is 2. The summed E-state index contributed by atoms with van der Waals surface area (Å²) < 4.78 is 5.19. The van der Waals surface area contributed by atoms with Crippen molar-refractivity contribution in [3.05, 3.63) is 29.8 Å². The average molecular weight is 345 g/mol. The molecule has 136 valence electrons. The van der Waals surface area contributed by atoms with Crippen LogP contribution in [0.2, 0.25) is 0 Å². The minimum Gasteiger partial charge on any atom is -0.497 e. The van der Waals surface area contributed by atoms with Crippen LogP contribution in [0, 0.1) is 0 Å². The van der Waals surface area contributed by atoms with E-state index in [4.69, 9.17) is 10.5 Å². The monoisotopic (exact) mass is 345 g/mol. The van der Waals surface area contributed by atoms with Gasteiger partial charge < -0.3 is 20.3 Å². The van der Waals surface area contributed by atoms with Crippen LogP contribution in [0.4, 0.5) is 0 Å². The van der Waals surface area contributed by atoms with Crippen LogP contribution < -0.4 is 10.5 Å². The Labute approximate surface area is 148 Å². The van der Waals surface area contributed by atoms with Gasteiger partial charge in [-0.25, -0.2) is 0 Å². The number of carbonyl (C=O) groups excluding carboxylic acids is 2. The third kappa shape index (κ3) is 4.12. The summed E-state index contributed by atoms with van der Waals surface area (Å²) in [5, 5.41) is 0. The van der Waals surface area contributed by atoms with Crippen molar-refractivity contribution in [2.45, 2.75) is 37.6 Å². The first-order chi connectivity index (χ1) is 12.1. The second-order valence-electron chi connectivity index (χ2n) is 6.97. The first-order valence-corrected chi connectivity index (χ1v) is 9.03. The molecule has 2 saturated heterocycles. The Morgan fingerprint density at radius 1 is 1.20 bits per heavy atom. The number of amides is 2. The van der Waals surface area contributed by atoms with E-state index in [2.05, 4.69) is 0 Å². The Hall–Kier alpha value is -2.08. The summed E-state index contributed by atoms with van der Waals surface area (Å²) >= 11 is 0. The fourth-order valence-corrected chi connectivity index (χ4v) is 3.71. The Balaban J connectivity index is 1.61. The molecule has 2 amide bonds. The van der Waals surface area contributed by atoms with Gasteiger partial charge in [-0.05, 0) is 30.5 Å². The normalized spacial score (nSPS) is 24.3. The number of hydrogen-bond acceptors (Lipinski definition) is 4. The molecule has 2 aliphatic rings. The molecule has 0 bridgehead atoms. The maximum absolute atomic E-state index is 12.7. The molecule has 0 radical (unpaired) electrons. The molecule has 0 unspecified atom stereocenters. The van der Waals surface area contributed by atoms with Gasteiger partial charge in [0.2, 0.25) is 11.8 Å². The lowest BCUT2D eigenvalue weighted by atomic mass is 9.95. The van der Waals surface area contributed by atoms with Gasteiger partial charge >= 0.3 is 0 Å². The molecular formula is C19H27N3O3. The topological polar surface area (TPSA) is 75.9 Å². The average Bonchev–Trinajstić information content (AvgIpc) is 2.90. The van der Waals surface area contributed by atoms with Crippen LogP contribution in [0.25, 0.3) is 0 Å². The molecule has 1 aromatic rings. The minimum absolute atomic E-state index is 0.00158. The standard InChI is InChI=1S/C19H27N3O3/c1-25-15-8-6-14(7-9-15)16-11-22(12-17(16)20)19(24)13-21-10-4-2-3-5-18(21)23/h6-9,16-17H,2-5,10-13,20H2,1H3/t16-,17+/m1/s1. The Morgan fingerprint density at radius 2 is 1.96 bits per heavy atom. The SMILES string of the molecule is COc1ccc([C@H]2CN(C(=O)CN3CCCCCC3=O)C[C@@H]2N)cc1. The highest BCUT2D eigenvalue weighted by molar-refractivity contribution is 5.85. The zero-order chi connectivity index (χ0) is 17.8. The molecule has 1 aromatic carbocycles. The van der Waals surface area contributed by atoms with Crippen molar-refractivity contribution >= 4 is 11.8 Å². The smallest absolute Gasteiger partial charge is 0.242 e. The Bertz CT molecular complexity index is 617. The van der Waals surface area contributed by atoms with E-state index in [-0.39, 0.29) is 30.3 Å². The Kier molecular flexibility index (Phi) is 5.58. The number of carbonyl (C=O) groups is 2. The van der Waals surface area contributed by atoms with Crippen molar-refractivity contribution in [2.24, 2.45) is 5.73 Å². The first kappa shape index (κ1) is 17.7. The molecule has 0 aromatic heterocycles. The zero-order valence-corrected chi connectivity index (χ0v) is 14.8. The molecule has 0 aliphatic carbocycles. The van der Waals surface area contributed by atoms with Gasteiger partial charge in [0.25, 0.3) is 0 Å². The van der Waals surface area contributed by atoms with Crippen LogP contribution >= 0.6 is 0 Å². The largest absolute Gasteiger partial charge is 0.497 e. The van der Waals surface area contributed by atoms with Gasteiger partial charge in [0.15, 0.2) is 0 Å². The predicted octanol–water partition coefficient (Wildman–Crippen LogP) is 1.35. The zero-order valence-electron chi connectivity index (χ0n) is 14.8. The van der Waals surface area contributed by atoms with Gasteiger partial charge in [0.05, 0.1) is 13.7 Å². The van der Waals surface area contributed by atoms with Crippen molar-refractivity contribution in [1.82, 2.24) is 9.80 Å². The van der Waals surface area contributed by atoms with Crippen molar-refractivity contribution < 1.29 is 14.3 Å². The second-order valence-corrected chi connectivity index (χ2v) is 6.97. The maximum Gasteiger partial charge on any atom is 0.242 e. The van der Waals surface area contributed by atoms with Gasteiger partial charge in [0, 0.05) is 38.0 Å². The third-order valence-corrected chi connectivity index (χ3v) is 5.26. The van der Waals surface area contributed by atoms with E-state index >= 15 is 0 Å². The van der Waals surface area contributed by atoms with Crippen LogP contribution in [0.3, 0.4) is 0 Å². The highest BCUT2D eigenvalue weighted by Gasteiger charge is 2.34. The summed E-state index contributed by atoms with van der Waals surface area (Å²) in [6.45, 7) is 2.01. The summed E-state index contributed by atoms with van der Waals surface area (Å²) in [7, 11) is 1.64. The van der Waals surface area contributed by atoms with E-state index in [1.807, 2.05) is 24.3 Å². The molecule has 25 heavy (non-hydrogen) atoms. The van der Waals surface area contributed by atoms with Gasteiger partial charge in [-0.3, -0.25) is 9.59 Å². The number of hydrogen-bond donors (Lipinski definition) is 1. The lowest BCUT2D eigenvalue weighted by molar-refractivity contribution is -0.139. The molecular weight excluding hydrogens is 318 g/mol. The minimum atomic E-state index is -0.0859. The number of nitrogens with zero attached hydrogens (tertiary/aromatic N) is 2. The Morgan fingerprint density at radius 3 is 2.68 bits per heavy atom. The number of rotatable bonds is 4. The number of ether oxygens (including phenoxy) is 1. The molecule has 2 aliphatic heterocycles. The summed E-state index contributed by atoms with van der Waals surface area (Å²) in [6, 6.07) is 7.77. The maximum atomic E-state index is 12.7. The second kappa shape index (κ2) is 7.87. The fraction of sp³-hybridized carbons (Fsp3) is 0.579. The van der Waals surface area contributed by atoms with Gasteiger partial charge in [-0.15, -0.1) is 0 Å². The summed E-state index contributed by atoms with van der Waals surface area (Å²) in [6.07, 6.45) is 3.52. The van der Waals surface area contributed by atoms with Gasteiger partial charge in [0.1, 0.15) is 5.75 Å². The first-order valence-electron chi connectivity index (χ1n) is 9.03.